The summed E-state index contributed by atoms with van der Waals surface area (Å²) in [4.78, 5) is 36.6. The highest BCUT2D eigenvalue weighted by Crippen LogP contribution is 2.17. The number of rotatable bonds is 6. The number of carbonyl (C=O) groups excluding carboxylic acids is 3. The number of likely N-dealkylation sites (N-methyl/N-ethyl adjacent to an activating group) is 1. The number of hydrogen-bond acceptors (Lipinski definition) is 4. The molecule has 26 heavy (non-hydrogen) atoms. The van der Waals surface area contributed by atoms with Crippen molar-refractivity contribution in [2.24, 2.45) is 0 Å². The second kappa shape index (κ2) is 9.02. The molecule has 0 aliphatic heterocycles. The minimum atomic E-state index is -4.63. The summed E-state index contributed by atoms with van der Waals surface area (Å²) in [5.41, 5.74) is 0.795. The molecule has 0 fully saturated rings. The fraction of sp³-hybridized carbons (Fsp3) is 0.353. The lowest BCUT2D eigenvalue weighted by molar-refractivity contribution is -0.161. The molecule has 0 atom stereocenters. The standard InChI is InChI=1S/C17H19F3N2O4/c1-21(2)15(24)10-22(11-17(18,19)20)14(23)9-6-12-4-7-13(8-5-12)16(25)26-3/h4-9H,10-11H2,1-3H3. The Labute approximate surface area is 148 Å². The van der Waals surface area contributed by atoms with Crippen LogP contribution in [0.3, 0.4) is 0 Å². The highest BCUT2D eigenvalue weighted by Gasteiger charge is 2.33. The van der Waals surface area contributed by atoms with Crippen molar-refractivity contribution in [3.8, 4) is 0 Å². The van der Waals surface area contributed by atoms with Gasteiger partial charge in [0.1, 0.15) is 13.1 Å². The number of alkyl halides is 3. The van der Waals surface area contributed by atoms with E-state index in [0.717, 1.165) is 11.0 Å². The van der Waals surface area contributed by atoms with Crippen LogP contribution in [0.4, 0.5) is 13.2 Å². The van der Waals surface area contributed by atoms with Crippen LogP contribution in [0.25, 0.3) is 6.08 Å². The Morgan fingerprint density at radius 1 is 1.12 bits per heavy atom. The molecule has 1 aromatic carbocycles. The fourth-order valence-corrected chi connectivity index (χ4v) is 1.85. The maximum atomic E-state index is 12.6. The summed E-state index contributed by atoms with van der Waals surface area (Å²) in [7, 11) is 4.01. The SMILES string of the molecule is COC(=O)c1ccc(C=CC(=O)N(CC(=O)N(C)C)CC(F)(F)F)cc1. The van der Waals surface area contributed by atoms with Gasteiger partial charge in [-0.25, -0.2) is 4.79 Å². The molecule has 6 nitrogen and oxygen atoms in total. The number of amides is 2. The smallest absolute Gasteiger partial charge is 0.406 e. The summed E-state index contributed by atoms with van der Waals surface area (Å²) >= 11 is 0. The summed E-state index contributed by atoms with van der Waals surface area (Å²) in [5.74, 6) is -2.11. The van der Waals surface area contributed by atoms with Crippen molar-refractivity contribution in [2.45, 2.75) is 6.18 Å². The van der Waals surface area contributed by atoms with Crippen LogP contribution in [0.15, 0.2) is 30.3 Å². The van der Waals surface area contributed by atoms with E-state index in [1.807, 2.05) is 0 Å². The van der Waals surface area contributed by atoms with Crippen LogP contribution in [0, 0.1) is 0 Å². The summed E-state index contributed by atoms with van der Waals surface area (Å²) < 4.78 is 42.5. The van der Waals surface area contributed by atoms with Crippen LogP contribution in [0.1, 0.15) is 15.9 Å². The number of ether oxygens (including phenoxy) is 1. The molecule has 0 N–H and O–H groups in total. The number of carbonyl (C=O) groups is 3. The van der Waals surface area contributed by atoms with Crippen molar-refractivity contribution in [2.75, 3.05) is 34.3 Å². The molecule has 0 unspecified atom stereocenters. The maximum Gasteiger partial charge on any atom is 0.406 e. The van der Waals surface area contributed by atoms with Crippen molar-refractivity contribution in [1.82, 2.24) is 9.80 Å². The molecule has 0 radical (unpaired) electrons. The molecule has 142 valence electrons. The van der Waals surface area contributed by atoms with Crippen molar-refractivity contribution in [3.05, 3.63) is 41.5 Å². The molecular formula is C17H19F3N2O4. The van der Waals surface area contributed by atoms with Gasteiger partial charge in [0.05, 0.1) is 12.7 Å². The molecule has 0 aliphatic rings. The first kappa shape index (κ1) is 21.2. The third kappa shape index (κ3) is 6.96. The van der Waals surface area contributed by atoms with Crippen LogP contribution >= 0.6 is 0 Å². The number of benzene rings is 1. The van der Waals surface area contributed by atoms with Gasteiger partial charge in [-0.1, -0.05) is 12.1 Å². The van der Waals surface area contributed by atoms with Crippen LogP contribution in [-0.2, 0) is 14.3 Å². The summed E-state index contributed by atoms with van der Waals surface area (Å²) in [6, 6.07) is 5.93. The minimum Gasteiger partial charge on any atom is -0.465 e. The Morgan fingerprint density at radius 2 is 1.69 bits per heavy atom. The van der Waals surface area contributed by atoms with Crippen LogP contribution in [0.5, 0.6) is 0 Å². The Kier molecular flexibility index (Phi) is 7.36. The van der Waals surface area contributed by atoms with Gasteiger partial charge < -0.3 is 14.5 Å². The van der Waals surface area contributed by atoms with Gasteiger partial charge in [-0.05, 0) is 23.8 Å². The van der Waals surface area contributed by atoms with E-state index in [4.69, 9.17) is 0 Å². The number of esters is 1. The van der Waals surface area contributed by atoms with Gasteiger partial charge in [-0.15, -0.1) is 0 Å². The number of hydrogen-bond donors (Lipinski definition) is 0. The Hall–Kier alpha value is -2.84. The van der Waals surface area contributed by atoms with Crippen LogP contribution in [0.2, 0.25) is 0 Å². The Morgan fingerprint density at radius 3 is 2.15 bits per heavy atom. The molecule has 0 aliphatic carbocycles. The van der Waals surface area contributed by atoms with E-state index in [0.29, 0.717) is 16.0 Å². The zero-order valence-electron chi connectivity index (χ0n) is 14.5. The molecule has 2 amide bonds. The highest BCUT2D eigenvalue weighted by molar-refractivity contribution is 5.94. The highest BCUT2D eigenvalue weighted by atomic mass is 19.4. The molecule has 0 bridgehead atoms. The number of methoxy groups -OCH3 is 1. The quantitative estimate of drug-likeness (QED) is 0.566. The average molecular weight is 372 g/mol. The largest absolute Gasteiger partial charge is 0.465 e. The molecule has 0 saturated carbocycles. The molecule has 1 aromatic rings. The van der Waals surface area contributed by atoms with E-state index in [9.17, 15) is 27.6 Å². The lowest BCUT2D eigenvalue weighted by atomic mass is 10.1. The topological polar surface area (TPSA) is 66.9 Å². The summed E-state index contributed by atoms with van der Waals surface area (Å²) in [6.45, 7) is -2.21. The van der Waals surface area contributed by atoms with Crippen molar-refractivity contribution in [3.63, 3.8) is 0 Å². The van der Waals surface area contributed by atoms with Gasteiger partial charge in [0.15, 0.2) is 0 Å². The summed E-state index contributed by atoms with van der Waals surface area (Å²) in [6.07, 6.45) is -2.38. The zero-order chi connectivity index (χ0) is 19.9. The first-order chi connectivity index (χ1) is 12.0. The first-order valence-electron chi connectivity index (χ1n) is 7.45. The minimum absolute atomic E-state index is 0.297. The number of nitrogens with zero attached hydrogens (tertiary/aromatic N) is 2. The van der Waals surface area contributed by atoms with E-state index in [1.165, 1.54) is 51.5 Å². The van der Waals surface area contributed by atoms with Gasteiger partial charge in [-0.3, -0.25) is 9.59 Å². The zero-order valence-corrected chi connectivity index (χ0v) is 14.5. The van der Waals surface area contributed by atoms with E-state index in [-0.39, 0.29) is 0 Å². The van der Waals surface area contributed by atoms with Gasteiger partial charge in [0, 0.05) is 20.2 Å². The Balaban J connectivity index is 2.88. The predicted octanol–water partition coefficient (Wildman–Crippen LogP) is 1.97. The normalized spacial score (nSPS) is 11.3. The van der Waals surface area contributed by atoms with Crippen molar-refractivity contribution >= 4 is 23.9 Å². The third-order valence-corrected chi connectivity index (χ3v) is 3.26. The third-order valence-electron chi connectivity index (χ3n) is 3.26. The average Bonchev–Trinajstić information content (AvgIpc) is 2.57. The molecule has 0 aromatic heterocycles. The first-order valence-corrected chi connectivity index (χ1v) is 7.45. The number of halogens is 3. The maximum absolute atomic E-state index is 12.6. The molecule has 0 heterocycles. The summed E-state index contributed by atoms with van der Waals surface area (Å²) in [5, 5.41) is 0. The molecule has 0 spiro atoms. The van der Waals surface area contributed by atoms with Gasteiger partial charge in [-0.2, -0.15) is 13.2 Å². The molecular weight excluding hydrogens is 353 g/mol. The predicted molar refractivity (Wildman–Crippen MR) is 88.1 cm³/mol. The fourth-order valence-electron chi connectivity index (χ4n) is 1.85. The van der Waals surface area contributed by atoms with Gasteiger partial charge in [0.25, 0.3) is 0 Å². The van der Waals surface area contributed by atoms with E-state index < -0.39 is 37.0 Å². The van der Waals surface area contributed by atoms with E-state index in [1.54, 1.807) is 0 Å². The van der Waals surface area contributed by atoms with Crippen LogP contribution in [-0.4, -0.2) is 68.1 Å². The molecule has 9 heteroatoms. The second-order valence-electron chi connectivity index (χ2n) is 5.54. The van der Waals surface area contributed by atoms with Gasteiger partial charge in [0.2, 0.25) is 11.8 Å². The lowest BCUT2D eigenvalue weighted by Crippen LogP contribution is -2.44. The Bertz CT molecular complexity index is 682. The van der Waals surface area contributed by atoms with E-state index in [2.05, 4.69) is 4.74 Å². The monoisotopic (exact) mass is 372 g/mol. The van der Waals surface area contributed by atoms with Crippen molar-refractivity contribution in [1.29, 1.82) is 0 Å². The van der Waals surface area contributed by atoms with Crippen molar-refractivity contribution < 1.29 is 32.3 Å². The molecule has 0 saturated heterocycles. The van der Waals surface area contributed by atoms with E-state index >= 15 is 0 Å². The van der Waals surface area contributed by atoms with Gasteiger partial charge >= 0.3 is 12.1 Å². The molecule has 1 rings (SSSR count). The second-order valence-corrected chi connectivity index (χ2v) is 5.54. The van der Waals surface area contributed by atoms with Crippen LogP contribution < -0.4 is 0 Å². The lowest BCUT2D eigenvalue weighted by Gasteiger charge is -2.23.